The summed E-state index contributed by atoms with van der Waals surface area (Å²) in [5, 5.41) is 3.27. The highest BCUT2D eigenvalue weighted by molar-refractivity contribution is 5.91. The van der Waals surface area contributed by atoms with Crippen LogP contribution in [0.1, 0.15) is 17.0 Å². The average molecular weight is 358 g/mol. The van der Waals surface area contributed by atoms with Gasteiger partial charge in [0.2, 0.25) is 5.95 Å². The Morgan fingerprint density at radius 2 is 2.08 bits per heavy atom. The monoisotopic (exact) mass is 358 g/mol. The smallest absolute Gasteiger partial charge is 0.289 e. The zero-order chi connectivity index (χ0) is 18.4. The fraction of sp³-hybridized carbons (Fsp3) is 0.500. The highest BCUT2D eigenvalue weighted by Crippen LogP contribution is 2.16. The minimum absolute atomic E-state index is 0.0550. The van der Waals surface area contributed by atoms with Crippen molar-refractivity contribution in [2.24, 2.45) is 0 Å². The normalized spacial score (nSPS) is 14.7. The summed E-state index contributed by atoms with van der Waals surface area (Å²) in [6, 6.07) is 5.35. The molecule has 1 N–H and O–H groups in total. The molecule has 1 amide bonds. The van der Waals surface area contributed by atoms with Gasteiger partial charge >= 0.3 is 0 Å². The van der Waals surface area contributed by atoms with Gasteiger partial charge in [0, 0.05) is 38.9 Å². The van der Waals surface area contributed by atoms with Crippen LogP contribution in [-0.4, -0.2) is 79.0 Å². The Kier molecular flexibility index (Phi) is 6.06. The van der Waals surface area contributed by atoms with Gasteiger partial charge in [-0.25, -0.2) is 4.98 Å². The van der Waals surface area contributed by atoms with Crippen LogP contribution in [-0.2, 0) is 0 Å². The summed E-state index contributed by atoms with van der Waals surface area (Å²) in [7, 11) is 4.13. The van der Waals surface area contributed by atoms with Crippen molar-refractivity contribution in [1.29, 1.82) is 0 Å². The van der Waals surface area contributed by atoms with Gasteiger partial charge in [-0.05, 0) is 45.3 Å². The first-order valence-electron chi connectivity index (χ1n) is 8.93. The second-order valence-corrected chi connectivity index (χ2v) is 6.58. The molecule has 3 heterocycles. The second-order valence-electron chi connectivity index (χ2n) is 6.58. The number of aromatic nitrogens is 2. The van der Waals surface area contributed by atoms with E-state index >= 15 is 0 Å². The van der Waals surface area contributed by atoms with Crippen molar-refractivity contribution in [2.75, 3.05) is 63.6 Å². The summed E-state index contributed by atoms with van der Waals surface area (Å²) >= 11 is 0. The van der Waals surface area contributed by atoms with Gasteiger partial charge in [-0.3, -0.25) is 4.79 Å². The van der Waals surface area contributed by atoms with Crippen LogP contribution in [0.25, 0.3) is 0 Å². The standard InChI is InChI=1S/C18H26N6O2/c1-22(2)9-4-7-19-18-20-8-6-16(21-18)23-10-12-24(13-11-23)17(25)15-5-3-14-26-15/h3,5-6,8,14H,4,7,9-13H2,1-2H3,(H,19,20,21). The molecular weight excluding hydrogens is 332 g/mol. The predicted octanol–water partition coefficient (Wildman–Crippen LogP) is 1.40. The van der Waals surface area contributed by atoms with Crippen LogP contribution < -0.4 is 10.2 Å². The Balaban J connectivity index is 1.51. The molecule has 1 fully saturated rings. The van der Waals surface area contributed by atoms with Crippen molar-refractivity contribution >= 4 is 17.7 Å². The van der Waals surface area contributed by atoms with Gasteiger partial charge in [0.05, 0.1) is 6.26 Å². The predicted molar refractivity (Wildman–Crippen MR) is 101 cm³/mol. The molecule has 0 bridgehead atoms. The maximum atomic E-state index is 12.3. The van der Waals surface area contributed by atoms with Gasteiger partial charge < -0.3 is 24.4 Å². The fourth-order valence-electron chi connectivity index (χ4n) is 2.90. The van der Waals surface area contributed by atoms with Crippen molar-refractivity contribution in [3.05, 3.63) is 36.4 Å². The molecule has 140 valence electrons. The van der Waals surface area contributed by atoms with Crippen molar-refractivity contribution in [2.45, 2.75) is 6.42 Å². The summed E-state index contributed by atoms with van der Waals surface area (Å²) in [6.45, 7) is 4.64. The highest BCUT2D eigenvalue weighted by atomic mass is 16.3. The molecule has 0 atom stereocenters. The Bertz CT molecular complexity index is 695. The van der Waals surface area contributed by atoms with Crippen LogP contribution in [0, 0.1) is 0 Å². The molecular formula is C18H26N6O2. The number of nitrogens with one attached hydrogen (secondary N) is 1. The van der Waals surface area contributed by atoms with Crippen molar-refractivity contribution in [1.82, 2.24) is 19.8 Å². The van der Waals surface area contributed by atoms with Gasteiger partial charge in [-0.2, -0.15) is 4.98 Å². The molecule has 0 unspecified atom stereocenters. The number of nitrogens with zero attached hydrogens (tertiary/aromatic N) is 5. The van der Waals surface area contributed by atoms with Crippen molar-refractivity contribution in [3.8, 4) is 0 Å². The van der Waals surface area contributed by atoms with Crippen LogP contribution in [0.3, 0.4) is 0 Å². The molecule has 26 heavy (non-hydrogen) atoms. The van der Waals surface area contributed by atoms with Gasteiger partial charge in [-0.15, -0.1) is 0 Å². The van der Waals surface area contributed by atoms with E-state index in [9.17, 15) is 4.79 Å². The Labute approximate surface area is 153 Å². The lowest BCUT2D eigenvalue weighted by Crippen LogP contribution is -2.49. The van der Waals surface area contributed by atoms with E-state index in [2.05, 4.69) is 39.2 Å². The van der Waals surface area contributed by atoms with E-state index in [1.54, 1.807) is 18.3 Å². The van der Waals surface area contributed by atoms with Crippen molar-refractivity contribution in [3.63, 3.8) is 0 Å². The van der Waals surface area contributed by atoms with Crippen LogP contribution >= 0.6 is 0 Å². The topological polar surface area (TPSA) is 77.7 Å². The van der Waals surface area contributed by atoms with Crippen LogP contribution in [0.5, 0.6) is 0 Å². The fourth-order valence-corrected chi connectivity index (χ4v) is 2.90. The van der Waals surface area contributed by atoms with Crippen molar-refractivity contribution < 1.29 is 9.21 Å². The Hall–Kier alpha value is -2.61. The molecule has 1 aliphatic heterocycles. The number of carbonyl (C=O) groups excluding carboxylic acids is 1. The number of amides is 1. The van der Waals surface area contributed by atoms with E-state index in [4.69, 9.17) is 4.42 Å². The zero-order valence-corrected chi connectivity index (χ0v) is 15.4. The summed E-state index contributed by atoms with van der Waals surface area (Å²) in [4.78, 5) is 27.4. The molecule has 8 heteroatoms. The first kappa shape index (κ1) is 18.2. The third-order valence-corrected chi connectivity index (χ3v) is 4.33. The molecule has 0 aromatic carbocycles. The number of furan rings is 1. The summed E-state index contributed by atoms with van der Waals surface area (Å²) in [6.07, 6.45) is 4.34. The first-order chi connectivity index (χ1) is 12.6. The minimum Gasteiger partial charge on any atom is -0.459 e. The molecule has 1 aliphatic rings. The number of hydrogen-bond donors (Lipinski definition) is 1. The van der Waals surface area contributed by atoms with Crippen LogP contribution in [0.4, 0.5) is 11.8 Å². The van der Waals surface area contributed by atoms with Gasteiger partial charge in [0.1, 0.15) is 5.82 Å². The SMILES string of the molecule is CN(C)CCCNc1nccc(N2CCN(C(=O)c3ccco3)CC2)n1. The quantitative estimate of drug-likeness (QED) is 0.750. The number of anilines is 2. The van der Waals surface area contributed by atoms with E-state index in [0.717, 1.165) is 38.4 Å². The minimum atomic E-state index is -0.0550. The Morgan fingerprint density at radius 1 is 1.27 bits per heavy atom. The van der Waals surface area contributed by atoms with E-state index in [0.29, 0.717) is 24.8 Å². The summed E-state index contributed by atoms with van der Waals surface area (Å²) < 4.78 is 5.20. The largest absolute Gasteiger partial charge is 0.459 e. The average Bonchev–Trinajstić information content (AvgIpc) is 3.20. The molecule has 8 nitrogen and oxygen atoms in total. The molecule has 2 aromatic rings. The molecule has 0 radical (unpaired) electrons. The molecule has 0 saturated carbocycles. The van der Waals surface area contributed by atoms with Gasteiger partial charge in [-0.1, -0.05) is 0 Å². The third kappa shape index (κ3) is 4.72. The third-order valence-electron chi connectivity index (χ3n) is 4.33. The molecule has 3 rings (SSSR count). The van der Waals surface area contributed by atoms with E-state index in [1.165, 1.54) is 6.26 Å². The zero-order valence-electron chi connectivity index (χ0n) is 15.4. The maximum absolute atomic E-state index is 12.3. The Morgan fingerprint density at radius 3 is 2.77 bits per heavy atom. The second kappa shape index (κ2) is 8.66. The molecule has 0 spiro atoms. The van der Waals surface area contributed by atoms with Gasteiger partial charge in [0.25, 0.3) is 5.91 Å². The first-order valence-corrected chi connectivity index (χ1v) is 8.93. The lowest BCUT2D eigenvalue weighted by Gasteiger charge is -2.35. The lowest BCUT2D eigenvalue weighted by molar-refractivity contribution is 0.0714. The van der Waals surface area contributed by atoms with Crippen LogP contribution in [0.2, 0.25) is 0 Å². The number of rotatable bonds is 7. The maximum Gasteiger partial charge on any atom is 0.289 e. The number of piperazine rings is 1. The van der Waals surface area contributed by atoms with Gasteiger partial charge in [0.15, 0.2) is 5.76 Å². The van der Waals surface area contributed by atoms with E-state index in [1.807, 2.05) is 11.0 Å². The summed E-state index contributed by atoms with van der Waals surface area (Å²) in [5.41, 5.74) is 0. The molecule has 2 aromatic heterocycles. The lowest BCUT2D eigenvalue weighted by atomic mass is 10.3. The number of hydrogen-bond acceptors (Lipinski definition) is 7. The summed E-state index contributed by atoms with van der Waals surface area (Å²) in [5.74, 6) is 1.88. The highest BCUT2D eigenvalue weighted by Gasteiger charge is 2.24. The van der Waals surface area contributed by atoms with E-state index < -0.39 is 0 Å². The molecule has 0 aliphatic carbocycles. The van der Waals surface area contributed by atoms with E-state index in [-0.39, 0.29) is 5.91 Å². The number of carbonyl (C=O) groups is 1. The van der Waals surface area contributed by atoms with Crippen LogP contribution in [0.15, 0.2) is 35.1 Å². The molecule has 1 saturated heterocycles.